The van der Waals surface area contributed by atoms with Gasteiger partial charge in [-0.05, 0) is 24.5 Å². The Labute approximate surface area is 146 Å². The lowest BCUT2D eigenvalue weighted by Crippen LogP contribution is -2.53. The van der Waals surface area contributed by atoms with E-state index in [4.69, 9.17) is 0 Å². The number of hydrogen-bond acceptors (Lipinski definition) is 4. The molecule has 7 nitrogen and oxygen atoms in total. The van der Waals surface area contributed by atoms with Crippen molar-refractivity contribution < 1.29 is 9.59 Å². The van der Waals surface area contributed by atoms with Gasteiger partial charge in [0, 0.05) is 38.8 Å². The largest absolute Gasteiger partial charge is 0.341 e. The van der Waals surface area contributed by atoms with E-state index in [0.717, 1.165) is 24.1 Å². The van der Waals surface area contributed by atoms with Gasteiger partial charge in [-0.2, -0.15) is 0 Å². The van der Waals surface area contributed by atoms with Crippen molar-refractivity contribution in [2.24, 2.45) is 0 Å². The molecular formula is C18H21N5O2. The summed E-state index contributed by atoms with van der Waals surface area (Å²) in [5.74, 6) is 0.178. The Morgan fingerprint density at radius 2 is 2.00 bits per heavy atom. The summed E-state index contributed by atoms with van der Waals surface area (Å²) < 4.78 is 1.79. The number of likely N-dealkylation sites (tertiary alicyclic amines) is 1. The Morgan fingerprint density at radius 3 is 2.80 bits per heavy atom. The molecule has 1 fully saturated rings. The van der Waals surface area contributed by atoms with Crippen molar-refractivity contribution >= 4 is 17.5 Å². The lowest BCUT2D eigenvalue weighted by Gasteiger charge is -2.39. The van der Waals surface area contributed by atoms with Crippen LogP contribution in [0.25, 0.3) is 0 Å². The standard InChI is InChI=1S/C18H21N5O2/c1-21-15-6-3-2-5-14(15)18(17(21)25)8-4-9-23(11-18)16(24)7-10-22-12-19-20-13-22/h2-3,5-6,12-13H,4,7-11H2,1H3/t18-/m1/s1. The lowest BCUT2D eigenvalue weighted by molar-refractivity contribution is -0.136. The highest BCUT2D eigenvalue weighted by Gasteiger charge is 2.52. The molecule has 1 saturated heterocycles. The first-order valence-electron chi connectivity index (χ1n) is 8.60. The molecule has 4 rings (SSSR count). The van der Waals surface area contributed by atoms with Crippen molar-refractivity contribution in [1.82, 2.24) is 19.7 Å². The zero-order valence-corrected chi connectivity index (χ0v) is 14.3. The van der Waals surface area contributed by atoms with Gasteiger partial charge < -0.3 is 14.4 Å². The van der Waals surface area contributed by atoms with Crippen LogP contribution in [-0.4, -0.2) is 51.6 Å². The van der Waals surface area contributed by atoms with E-state index in [1.807, 2.05) is 36.2 Å². The van der Waals surface area contributed by atoms with Crippen molar-refractivity contribution in [1.29, 1.82) is 0 Å². The lowest BCUT2D eigenvalue weighted by atomic mass is 9.75. The van der Waals surface area contributed by atoms with Crippen LogP contribution < -0.4 is 4.90 Å². The molecule has 0 bridgehead atoms. The Hall–Kier alpha value is -2.70. The number of fused-ring (bicyclic) bond motifs is 2. The molecule has 1 atom stereocenters. The molecule has 1 aromatic heterocycles. The highest BCUT2D eigenvalue weighted by molar-refractivity contribution is 6.08. The smallest absolute Gasteiger partial charge is 0.239 e. The number of aromatic nitrogens is 3. The molecule has 2 aliphatic heterocycles. The second kappa shape index (κ2) is 5.98. The van der Waals surface area contributed by atoms with Gasteiger partial charge in [0.25, 0.3) is 0 Å². The summed E-state index contributed by atoms with van der Waals surface area (Å²) in [5.41, 5.74) is 1.43. The monoisotopic (exact) mass is 339 g/mol. The average Bonchev–Trinajstić information content (AvgIpc) is 3.24. The number of carbonyl (C=O) groups is 2. The summed E-state index contributed by atoms with van der Waals surface area (Å²) in [7, 11) is 1.82. The maximum absolute atomic E-state index is 13.0. The molecular weight excluding hydrogens is 318 g/mol. The molecule has 0 saturated carbocycles. The number of rotatable bonds is 3. The van der Waals surface area contributed by atoms with Gasteiger partial charge in [0.2, 0.25) is 11.8 Å². The van der Waals surface area contributed by atoms with E-state index in [2.05, 4.69) is 10.2 Å². The number of aryl methyl sites for hydroxylation is 1. The summed E-state index contributed by atoms with van der Waals surface area (Å²) >= 11 is 0. The quantitative estimate of drug-likeness (QED) is 0.843. The first-order valence-corrected chi connectivity index (χ1v) is 8.60. The van der Waals surface area contributed by atoms with Crippen LogP contribution in [0.15, 0.2) is 36.9 Å². The van der Waals surface area contributed by atoms with Crippen LogP contribution in [-0.2, 0) is 21.5 Å². The third kappa shape index (κ3) is 2.50. The van der Waals surface area contributed by atoms with Gasteiger partial charge in [0.05, 0.1) is 5.41 Å². The van der Waals surface area contributed by atoms with Crippen LogP contribution in [0, 0.1) is 0 Å². The SMILES string of the molecule is CN1C(=O)[C@@]2(CCCN(C(=O)CCn3cnnc3)C2)c2ccccc21. The number of para-hydroxylation sites is 1. The van der Waals surface area contributed by atoms with Gasteiger partial charge in [-0.25, -0.2) is 0 Å². The van der Waals surface area contributed by atoms with Crippen LogP contribution in [0.5, 0.6) is 0 Å². The minimum Gasteiger partial charge on any atom is -0.341 e. The predicted octanol–water partition coefficient (Wildman–Crippen LogP) is 1.21. The van der Waals surface area contributed by atoms with Gasteiger partial charge in [-0.3, -0.25) is 9.59 Å². The maximum Gasteiger partial charge on any atom is 0.239 e. The number of benzene rings is 1. The second-order valence-electron chi connectivity index (χ2n) is 6.83. The molecule has 2 aromatic rings. The van der Waals surface area contributed by atoms with Crippen molar-refractivity contribution in [2.75, 3.05) is 25.0 Å². The normalized spacial score (nSPS) is 22.5. The summed E-state index contributed by atoms with van der Waals surface area (Å²) in [5, 5.41) is 7.50. The molecule has 0 radical (unpaired) electrons. The molecule has 2 aliphatic rings. The molecule has 0 aliphatic carbocycles. The minimum atomic E-state index is -0.587. The average molecular weight is 339 g/mol. The second-order valence-corrected chi connectivity index (χ2v) is 6.83. The first-order chi connectivity index (χ1) is 12.1. The van der Waals surface area contributed by atoms with Crippen molar-refractivity contribution in [2.45, 2.75) is 31.2 Å². The van der Waals surface area contributed by atoms with Crippen LogP contribution >= 0.6 is 0 Å². The summed E-state index contributed by atoms with van der Waals surface area (Å²) in [6.07, 6.45) is 5.24. The third-order valence-electron chi connectivity index (χ3n) is 5.39. The topological polar surface area (TPSA) is 71.3 Å². The van der Waals surface area contributed by atoms with Crippen molar-refractivity contribution in [3.05, 3.63) is 42.5 Å². The number of carbonyl (C=O) groups excluding carboxylic acids is 2. The van der Waals surface area contributed by atoms with E-state index in [9.17, 15) is 9.59 Å². The van der Waals surface area contributed by atoms with E-state index in [-0.39, 0.29) is 11.8 Å². The van der Waals surface area contributed by atoms with E-state index in [1.54, 1.807) is 22.1 Å². The van der Waals surface area contributed by atoms with Crippen molar-refractivity contribution in [3.8, 4) is 0 Å². The van der Waals surface area contributed by atoms with Gasteiger partial charge >= 0.3 is 0 Å². The fraction of sp³-hybridized carbons (Fsp3) is 0.444. The van der Waals surface area contributed by atoms with Gasteiger partial charge in [0.15, 0.2) is 0 Å². The van der Waals surface area contributed by atoms with E-state index >= 15 is 0 Å². The van der Waals surface area contributed by atoms with Crippen LogP contribution in [0.1, 0.15) is 24.8 Å². The van der Waals surface area contributed by atoms with E-state index in [0.29, 0.717) is 26.1 Å². The molecule has 3 heterocycles. The van der Waals surface area contributed by atoms with Crippen molar-refractivity contribution in [3.63, 3.8) is 0 Å². The fourth-order valence-corrected chi connectivity index (χ4v) is 4.10. The molecule has 0 N–H and O–H groups in total. The molecule has 25 heavy (non-hydrogen) atoms. The third-order valence-corrected chi connectivity index (χ3v) is 5.39. The number of nitrogens with zero attached hydrogens (tertiary/aromatic N) is 5. The highest BCUT2D eigenvalue weighted by Crippen LogP contribution is 2.46. The van der Waals surface area contributed by atoms with Gasteiger partial charge in [-0.15, -0.1) is 10.2 Å². The molecule has 130 valence electrons. The molecule has 1 aromatic carbocycles. The van der Waals surface area contributed by atoms with Gasteiger partial charge in [0.1, 0.15) is 12.7 Å². The summed E-state index contributed by atoms with van der Waals surface area (Å²) in [4.78, 5) is 29.3. The van der Waals surface area contributed by atoms with E-state index < -0.39 is 5.41 Å². The molecule has 1 spiro atoms. The van der Waals surface area contributed by atoms with Crippen LogP contribution in [0.4, 0.5) is 5.69 Å². The Morgan fingerprint density at radius 1 is 1.24 bits per heavy atom. The minimum absolute atomic E-state index is 0.0765. The van der Waals surface area contributed by atoms with Gasteiger partial charge in [-0.1, -0.05) is 18.2 Å². The zero-order chi connectivity index (χ0) is 17.4. The maximum atomic E-state index is 13.0. The number of anilines is 1. The summed E-state index contributed by atoms with van der Waals surface area (Å²) in [6, 6.07) is 7.93. The number of amides is 2. The van der Waals surface area contributed by atoms with Crippen LogP contribution in [0.3, 0.4) is 0 Å². The number of piperidine rings is 1. The fourth-order valence-electron chi connectivity index (χ4n) is 4.10. The Balaban J connectivity index is 1.54. The van der Waals surface area contributed by atoms with E-state index in [1.165, 1.54) is 0 Å². The first kappa shape index (κ1) is 15.8. The zero-order valence-electron chi connectivity index (χ0n) is 14.3. The summed E-state index contributed by atoms with van der Waals surface area (Å²) in [6.45, 7) is 1.73. The molecule has 7 heteroatoms. The number of likely N-dealkylation sites (N-methyl/N-ethyl adjacent to an activating group) is 1. The predicted molar refractivity (Wildman–Crippen MR) is 92.0 cm³/mol. The Kier molecular flexibility index (Phi) is 3.78. The van der Waals surface area contributed by atoms with Crippen LogP contribution in [0.2, 0.25) is 0 Å². The molecule has 2 amide bonds. The Bertz CT molecular complexity index is 804. The molecule has 0 unspecified atom stereocenters. The number of hydrogen-bond donors (Lipinski definition) is 0. The highest BCUT2D eigenvalue weighted by atomic mass is 16.2.